The van der Waals surface area contributed by atoms with Crippen molar-refractivity contribution in [3.63, 3.8) is 0 Å². The normalized spacial score (nSPS) is 12.5. The number of hydrogen-bond acceptors (Lipinski definition) is 1. The molecule has 0 spiro atoms. The highest BCUT2D eigenvalue weighted by Crippen LogP contribution is 2.26. The van der Waals surface area contributed by atoms with Crippen LogP contribution in [0, 0.1) is 11.6 Å². The van der Waals surface area contributed by atoms with E-state index in [-0.39, 0.29) is 17.0 Å². The maximum absolute atomic E-state index is 13.8. The molecule has 2 aromatic rings. The van der Waals surface area contributed by atoms with Crippen molar-refractivity contribution in [2.45, 2.75) is 12.5 Å². The van der Waals surface area contributed by atoms with Gasteiger partial charge >= 0.3 is 0 Å². The van der Waals surface area contributed by atoms with Crippen molar-refractivity contribution in [3.05, 3.63) is 69.2 Å². The first-order chi connectivity index (χ1) is 8.99. The van der Waals surface area contributed by atoms with Crippen LogP contribution in [0.3, 0.4) is 0 Å². The number of nitrogens with two attached hydrogens (primary N) is 1. The average molecular weight is 302 g/mol. The van der Waals surface area contributed by atoms with Gasteiger partial charge in [-0.1, -0.05) is 35.3 Å². The SMILES string of the molecule is NC(Cc1cc(Cl)ccc1F)c1cccc(Cl)c1F. The molecular formula is C14H11Cl2F2N. The van der Waals surface area contributed by atoms with Crippen molar-refractivity contribution in [1.82, 2.24) is 0 Å². The van der Waals surface area contributed by atoms with Gasteiger partial charge in [0.05, 0.1) is 5.02 Å². The molecule has 0 aromatic heterocycles. The number of rotatable bonds is 3. The van der Waals surface area contributed by atoms with Crippen molar-refractivity contribution in [2.75, 3.05) is 0 Å². The summed E-state index contributed by atoms with van der Waals surface area (Å²) in [5.74, 6) is -0.985. The fourth-order valence-corrected chi connectivity index (χ4v) is 2.23. The van der Waals surface area contributed by atoms with Gasteiger partial charge in [-0.2, -0.15) is 0 Å². The summed E-state index contributed by atoms with van der Waals surface area (Å²) in [5.41, 5.74) is 6.51. The van der Waals surface area contributed by atoms with E-state index < -0.39 is 17.7 Å². The van der Waals surface area contributed by atoms with E-state index in [1.165, 1.54) is 30.3 Å². The lowest BCUT2D eigenvalue weighted by molar-refractivity contribution is 0.563. The van der Waals surface area contributed by atoms with Crippen LogP contribution in [0.15, 0.2) is 36.4 Å². The van der Waals surface area contributed by atoms with Crippen LogP contribution in [0.25, 0.3) is 0 Å². The summed E-state index contributed by atoms with van der Waals surface area (Å²) in [6.07, 6.45) is 0.143. The molecule has 2 aromatic carbocycles. The van der Waals surface area contributed by atoms with Gasteiger partial charge in [0.1, 0.15) is 11.6 Å². The van der Waals surface area contributed by atoms with Gasteiger partial charge in [-0.15, -0.1) is 0 Å². The van der Waals surface area contributed by atoms with Crippen LogP contribution >= 0.6 is 23.2 Å². The van der Waals surface area contributed by atoms with E-state index in [0.717, 1.165) is 0 Å². The monoisotopic (exact) mass is 301 g/mol. The highest BCUT2D eigenvalue weighted by atomic mass is 35.5. The van der Waals surface area contributed by atoms with Crippen molar-refractivity contribution < 1.29 is 8.78 Å². The topological polar surface area (TPSA) is 26.0 Å². The lowest BCUT2D eigenvalue weighted by atomic mass is 9.99. The van der Waals surface area contributed by atoms with E-state index >= 15 is 0 Å². The van der Waals surface area contributed by atoms with Crippen LogP contribution in [-0.4, -0.2) is 0 Å². The summed E-state index contributed by atoms with van der Waals surface area (Å²) in [6, 6.07) is 8.09. The van der Waals surface area contributed by atoms with Gasteiger partial charge in [-0.3, -0.25) is 0 Å². The molecule has 0 aliphatic rings. The molecular weight excluding hydrogens is 291 g/mol. The van der Waals surface area contributed by atoms with Gasteiger partial charge in [0.2, 0.25) is 0 Å². The van der Waals surface area contributed by atoms with Gasteiger partial charge in [0, 0.05) is 16.6 Å². The molecule has 0 amide bonds. The highest BCUT2D eigenvalue weighted by Gasteiger charge is 2.16. The molecule has 0 saturated heterocycles. The molecule has 2 rings (SSSR count). The van der Waals surface area contributed by atoms with Gasteiger partial charge in [0.15, 0.2) is 0 Å². The molecule has 0 aliphatic carbocycles. The first-order valence-electron chi connectivity index (χ1n) is 5.62. The summed E-state index contributed by atoms with van der Waals surface area (Å²) in [6.45, 7) is 0. The van der Waals surface area contributed by atoms with Crippen molar-refractivity contribution in [3.8, 4) is 0 Å². The standard InChI is InChI=1S/C14H11Cl2F2N/c15-9-4-5-12(17)8(6-9)7-13(19)10-2-1-3-11(16)14(10)18/h1-6,13H,7,19H2. The van der Waals surface area contributed by atoms with Gasteiger partial charge < -0.3 is 5.73 Å². The summed E-state index contributed by atoms with van der Waals surface area (Å²) in [5, 5.41) is 0.412. The first kappa shape index (κ1) is 14.3. The Labute approximate surface area is 119 Å². The minimum absolute atomic E-state index is 0.000448. The summed E-state index contributed by atoms with van der Waals surface area (Å²) in [7, 11) is 0. The maximum Gasteiger partial charge on any atom is 0.146 e. The molecule has 0 fully saturated rings. The Morgan fingerprint density at radius 1 is 1.11 bits per heavy atom. The smallest absolute Gasteiger partial charge is 0.146 e. The van der Waals surface area contributed by atoms with Crippen LogP contribution in [0.4, 0.5) is 8.78 Å². The Kier molecular flexibility index (Phi) is 4.40. The summed E-state index contributed by atoms with van der Waals surface area (Å²) >= 11 is 11.5. The molecule has 0 saturated carbocycles. The average Bonchev–Trinajstić information content (AvgIpc) is 2.37. The molecule has 2 N–H and O–H groups in total. The maximum atomic E-state index is 13.8. The minimum atomic E-state index is -0.688. The van der Waals surface area contributed by atoms with E-state index in [2.05, 4.69) is 0 Å². The number of benzene rings is 2. The predicted octanol–water partition coefficient (Wildman–Crippen LogP) is 4.51. The third-order valence-electron chi connectivity index (χ3n) is 2.83. The van der Waals surface area contributed by atoms with E-state index in [0.29, 0.717) is 10.6 Å². The molecule has 5 heteroatoms. The van der Waals surface area contributed by atoms with Crippen LogP contribution in [-0.2, 0) is 6.42 Å². The molecule has 1 atom stereocenters. The zero-order chi connectivity index (χ0) is 14.0. The van der Waals surface area contributed by atoms with Crippen LogP contribution in [0.2, 0.25) is 10.0 Å². The molecule has 100 valence electrons. The van der Waals surface area contributed by atoms with E-state index in [9.17, 15) is 8.78 Å². The quantitative estimate of drug-likeness (QED) is 0.886. The lowest BCUT2D eigenvalue weighted by Gasteiger charge is -2.14. The second-order valence-electron chi connectivity index (χ2n) is 4.19. The molecule has 0 radical (unpaired) electrons. The third kappa shape index (κ3) is 3.24. The number of hydrogen-bond donors (Lipinski definition) is 1. The largest absolute Gasteiger partial charge is 0.324 e. The van der Waals surface area contributed by atoms with E-state index in [4.69, 9.17) is 28.9 Å². The van der Waals surface area contributed by atoms with E-state index in [1.807, 2.05) is 0 Å². The van der Waals surface area contributed by atoms with Crippen molar-refractivity contribution in [2.24, 2.45) is 5.73 Å². The summed E-state index contributed by atoms with van der Waals surface area (Å²) < 4.78 is 27.4. The fraction of sp³-hybridized carbons (Fsp3) is 0.143. The van der Waals surface area contributed by atoms with Crippen molar-refractivity contribution >= 4 is 23.2 Å². The number of halogens is 4. The summed E-state index contributed by atoms with van der Waals surface area (Å²) in [4.78, 5) is 0. The lowest BCUT2D eigenvalue weighted by Crippen LogP contribution is -2.16. The zero-order valence-corrected chi connectivity index (χ0v) is 11.3. The first-order valence-corrected chi connectivity index (χ1v) is 6.38. The Balaban J connectivity index is 2.28. The zero-order valence-electron chi connectivity index (χ0n) is 9.84. The second-order valence-corrected chi connectivity index (χ2v) is 5.03. The highest BCUT2D eigenvalue weighted by molar-refractivity contribution is 6.31. The van der Waals surface area contributed by atoms with Gasteiger partial charge in [-0.25, -0.2) is 8.78 Å². The Hall–Kier alpha value is -1.16. The van der Waals surface area contributed by atoms with Gasteiger partial charge in [0.25, 0.3) is 0 Å². The molecule has 0 aliphatic heterocycles. The van der Waals surface area contributed by atoms with Crippen LogP contribution in [0.1, 0.15) is 17.2 Å². The van der Waals surface area contributed by atoms with Crippen molar-refractivity contribution in [1.29, 1.82) is 0 Å². The molecule has 0 bridgehead atoms. The molecule has 1 nitrogen and oxygen atoms in total. The predicted molar refractivity (Wildman–Crippen MR) is 73.5 cm³/mol. The van der Waals surface area contributed by atoms with Crippen LogP contribution in [0.5, 0.6) is 0 Å². The van der Waals surface area contributed by atoms with Gasteiger partial charge in [-0.05, 0) is 36.2 Å². The minimum Gasteiger partial charge on any atom is -0.324 e. The Bertz CT molecular complexity index is 602. The molecule has 1 unspecified atom stereocenters. The Morgan fingerprint density at radius 3 is 2.58 bits per heavy atom. The molecule has 0 heterocycles. The second kappa shape index (κ2) is 5.87. The fourth-order valence-electron chi connectivity index (χ4n) is 1.85. The Morgan fingerprint density at radius 2 is 1.84 bits per heavy atom. The molecule has 19 heavy (non-hydrogen) atoms. The van der Waals surface area contributed by atoms with Crippen LogP contribution < -0.4 is 5.73 Å². The third-order valence-corrected chi connectivity index (χ3v) is 3.36. The van der Waals surface area contributed by atoms with E-state index in [1.54, 1.807) is 6.07 Å².